The van der Waals surface area contributed by atoms with Crippen molar-refractivity contribution in [1.29, 1.82) is 0 Å². The maximum Gasteiger partial charge on any atom is 0.269 e. The summed E-state index contributed by atoms with van der Waals surface area (Å²) in [6, 6.07) is 8.94. The molecule has 4 nitrogen and oxygen atoms in total. The van der Waals surface area contributed by atoms with Crippen LogP contribution in [0.5, 0.6) is 5.75 Å². The fraction of sp³-hybridized carbons (Fsp3) is 0.0769. The van der Waals surface area contributed by atoms with Gasteiger partial charge in [-0.15, -0.1) is 0 Å². The van der Waals surface area contributed by atoms with Crippen LogP contribution in [-0.2, 0) is 6.61 Å². The summed E-state index contributed by atoms with van der Waals surface area (Å²) >= 11 is 17.7. The molecule has 2 aromatic rings. The molecule has 0 saturated carbocycles. The van der Waals surface area contributed by atoms with Crippen LogP contribution in [0.25, 0.3) is 0 Å². The highest BCUT2D eigenvalue weighted by atomic mass is 35.5. The second-order valence-corrected chi connectivity index (χ2v) is 5.21. The minimum absolute atomic E-state index is 0.0443. The summed E-state index contributed by atoms with van der Waals surface area (Å²) < 4.78 is 5.49. The van der Waals surface area contributed by atoms with E-state index >= 15 is 0 Å². The molecule has 7 heteroatoms. The first-order valence-electron chi connectivity index (χ1n) is 5.47. The van der Waals surface area contributed by atoms with E-state index in [1.54, 1.807) is 18.2 Å². The Balaban J connectivity index is 2.18. The summed E-state index contributed by atoms with van der Waals surface area (Å²) in [5.41, 5.74) is 0.467. The van der Waals surface area contributed by atoms with E-state index in [4.69, 9.17) is 39.5 Å². The third kappa shape index (κ3) is 3.76. The molecule has 0 fully saturated rings. The second-order valence-electron chi connectivity index (χ2n) is 3.93. The van der Waals surface area contributed by atoms with Gasteiger partial charge in [0.15, 0.2) is 0 Å². The minimum Gasteiger partial charge on any atom is -0.489 e. The van der Waals surface area contributed by atoms with Gasteiger partial charge in [-0.1, -0.05) is 34.8 Å². The average Bonchev–Trinajstić information content (AvgIpc) is 2.36. The lowest BCUT2D eigenvalue weighted by molar-refractivity contribution is -0.384. The van der Waals surface area contributed by atoms with Gasteiger partial charge in [0, 0.05) is 32.8 Å². The van der Waals surface area contributed by atoms with E-state index in [0.29, 0.717) is 26.4 Å². The number of rotatable bonds is 4. The smallest absolute Gasteiger partial charge is 0.269 e. The molecule has 0 aliphatic rings. The van der Waals surface area contributed by atoms with Gasteiger partial charge in [-0.05, 0) is 24.3 Å². The predicted molar refractivity (Wildman–Crippen MR) is 78.9 cm³/mol. The monoisotopic (exact) mass is 331 g/mol. The highest BCUT2D eigenvalue weighted by molar-refractivity contribution is 6.34. The Morgan fingerprint density at radius 3 is 2.30 bits per heavy atom. The summed E-state index contributed by atoms with van der Waals surface area (Å²) in [4.78, 5) is 10.2. The first kappa shape index (κ1) is 14.9. The predicted octanol–water partition coefficient (Wildman–Crippen LogP) is 5.13. The molecule has 0 aliphatic heterocycles. The van der Waals surface area contributed by atoms with Crippen LogP contribution >= 0.6 is 34.8 Å². The number of non-ortho nitro benzene ring substituents is 1. The number of nitro groups is 1. The third-order valence-electron chi connectivity index (χ3n) is 2.47. The number of nitro benzene ring substituents is 1. The zero-order valence-corrected chi connectivity index (χ0v) is 12.2. The molecule has 0 bridgehead atoms. The van der Waals surface area contributed by atoms with Crippen molar-refractivity contribution in [2.24, 2.45) is 0 Å². The standard InChI is InChI=1S/C13H8Cl3NO3/c14-9-4-10(15)6-12(5-9)20-7-8-3-11(17(18)19)1-2-13(8)16/h1-6H,7H2. The Kier molecular flexibility index (Phi) is 4.70. The number of hydrogen-bond donors (Lipinski definition) is 0. The molecule has 0 N–H and O–H groups in total. The molecule has 0 amide bonds. The Morgan fingerprint density at radius 2 is 1.70 bits per heavy atom. The average molecular weight is 333 g/mol. The first-order valence-corrected chi connectivity index (χ1v) is 6.61. The lowest BCUT2D eigenvalue weighted by Crippen LogP contribution is -1.98. The van der Waals surface area contributed by atoms with Crippen LogP contribution in [0.15, 0.2) is 36.4 Å². The van der Waals surface area contributed by atoms with Gasteiger partial charge in [-0.25, -0.2) is 0 Å². The molecule has 0 aromatic heterocycles. The highest BCUT2D eigenvalue weighted by Crippen LogP contribution is 2.27. The molecule has 0 saturated heterocycles. The second kappa shape index (κ2) is 6.31. The van der Waals surface area contributed by atoms with E-state index in [2.05, 4.69) is 0 Å². The van der Waals surface area contributed by atoms with E-state index in [1.165, 1.54) is 18.2 Å². The number of hydrogen-bond acceptors (Lipinski definition) is 3. The largest absolute Gasteiger partial charge is 0.489 e. The molecule has 0 aliphatic carbocycles. The number of halogens is 3. The van der Waals surface area contributed by atoms with Gasteiger partial charge in [0.2, 0.25) is 0 Å². The zero-order valence-electron chi connectivity index (χ0n) is 9.98. The van der Waals surface area contributed by atoms with Gasteiger partial charge >= 0.3 is 0 Å². The van der Waals surface area contributed by atoms with E-state index in [0.717, 1.165) is 0 Å². The Hall–Kier alpha value is -1.49. The molecular formula is C13H8Cl3NO3. The van der Waals surface area contributed by atoms with Gasteiger partial charge in [0.05, 0.1) is 4.92 Å². The quantitative estimate of drug-likeness (QED) is 0.576. The van der Waals surface area contributed by atoms with Crippen molar-refractivity contribution in [1.82, 2.24) is 0 Å². The van der Waals surface area contributed by atoms with E-state index in [1.807, 2.05) is 0 Å². The van der Waals surface area contributed by atoms with Gasteiger partial charge in [-0.2, -0.15) is 0 Å². The molecule has 104 valence electrons. The maximum atomic E-state index is 10.7. The SMILES string of the molecule is O=[N+]([O-])c1ccc(Cl)c(COc2cc(Cl)cc(Cl)c2)c1. The van der Waals surface area contributed by atoms with Crippen molar-refractivity contribution in [2.75, 3.05) is 0 Å². The van der Waals surface area contributed by atoms with Crippen LogP contribution in [0, 0.1) is 10.1 Å². The molecule has 0 atom stereocenters. The van der Waals surface area contributed by atoms with Crippen molar-refractivity contribution >= 4 is 40.5 Å². The van der Waals surface area contributed by atoms with Gasteiger partial charge in [0.1, 0.15) is 12.4 Å². The molecule has 0 radical (unpaired) electrons. The summed E-state index contributed by atoms with van der Waals surface area (Å²) in [5.74, 6) is 0.463. The van der Waals surface area contributed by atoms with Crippen molar-refractivity contribution in [3.8, 4) is 5.75 Å². The summed E-state index contributed by atoms with van der Waals surface area (Å²) in [6.07, 6.45) is 0. The Labute approximate surface area is 130 Å². The van der Waals surface area contributed by atoms with E-state index in [-0.39, 0.29) is 12.3 Å². The number of ether oxygens (including phenoxy) is 1. The van der Waals surface area contributed by atoms with Gasteiger partial charge < -0.3 is 4.74 Å². The van der Waals surface area contributed by atoms with E-state index in [9.17, 15) is 10.1 Å². The molecular weight excluding hydrogens is 325 g/mol. The number of benzene rings is 2. The summed E-state index contributed by atoms with van der Waals surface area (Å²) in [7, 11) is 0. The molecule has 0 spiro atoms. The van der Waals surface area contributed by atoms with Gasteiger partial charge in [-0.3, -0.25) is 10.1 Å². The highest BCUT2D eigenvalue weighted by Gasteiger charge is 2.10. The molecule has 20 heavy (non-hydrogen) atoms. The number of nitrogens with zero attached hydrogens (tertiary/aromatic N) is 1. The summed E-state index contributed by atoms with van der Waals surface area (Å²) in [5, 5.41) is 12.0. The van der Waals surface area contributed by atoms with Crippen molar-refractivity contribution in [3.05, 3.63) is 67.1 Å². The summed E-state index contributed by atoms with van der Waals surface area (Å²) in [6.45, 7) is 0.0805. The molecule has 2 aromatic carbocycles. The normalized spacial score (nSPS) is 10.3. The lowest BCUT2D eigenvalue weighted by atomic mass is 10.2. The van der Waals surface area contributed by atoms with Crippen LogP contribution in [0.1, 0.15) is 5.56 Å². The molecule has 0 heterocycles. The molecule has 0 unspecified atom stereocenters. The van der Waals surface area contributed by atoms with Crippen LogP contribution in [0.4, 0.5) is 5.69 Å². The Bertz CT molecular complexity index is 641. The van der Waals surface area contributed by atoms with Crippen molar-refractivity contribution in [3.63, 3.8) is 0 Å². The van der Waals surface area contributed by atoms with Crippen LogP contribution in [-0.4, -0.2) is 4.92 Å². The molecule has 2 rings (SSSR count). The fourth-order valence-electron chi connectivity index (χ4n) is 1.56. The minimum atomic E-state index is -0.490. The topological polar surface area (TPSA) is 52.4 Å². The maximum absolute atomic E-state index is 10.7. The Morgan fingerprint density at radius 1 is 1.05 bits per heavy atom. The lowest BCUT2D eigenvalue weighted by Gasteiger charge is -2.08. The first-order chi connectivity index (χ1) is 9.45. The van der Waals surface area contributed by atoms with Crippen LogP contribution in [0.2, 0.25) is 15.1 Å². The van der Waals surface area contributed by atoms with Crippen molar-refractivity contribution < 1.29 is 9.66 Å². The van der Waals surface area contributed by atoms with Crippen LogP contribution in [0.3, 0.4) is 0 Å². The van der Waals surface area contributed by atoms with Gasteiger partial charge in [0.25, 0.3) is 5.69 Å². The zero-order chi connectivity index (χ0) is 14.7. The van der Waals surface area contributed by atoms with Crippen molar-refractivity contribution in [2.45, 2.75) is 6.61 Å². The fourth-order valence-corrected chi connectivity index (χ4v) is 2.24. The van der Waals surface area contributed by atoms with Crippen LogP contribution < -0.4 is 4.74 Å². The third-order valence-corrected chi connectivity index (χ3v) is 3.28. The van der Waals surface area contributed by atoms with E-state index < -0.39 is 4.92 Å².